The smallest absolute Gasteiger partial charge is 0.305 e. The highest BCUT2D eigenvalue weighted by Gasteiger charge is 2.19. The van der Waals surface area contributed by atoms with Crippen LogP contribution in [0.25, 0.3) is 0 Å². The molecule has 0 aliphatic carbocycles. The SMILES string of the molecule is O=C(CCCNC(=O)c1ccc(Cl)cc1)OCCN1CCCC1=O. The molecule has 1 aromatic carbocycles. The molecule has 0 radical (unpaired) electrons. The van der Waals surface area contributed by atoms with Crippen molar-refractivity contribution in [1.82, 2.24) is 10.2 Å². The van der Waals surface area contributed by atoms with Crippen LogP contribution < -0.4 is 5.32 Å². The molecule has 2 amide bonds. The van der Waals surface area contributed by atoms with Gasteiger partial charge in [0.05, 0.1) is 6.54 Å². The van der Waals surface area contributed by atoms with Crippen molar-refractivity contribution < 1.29 is 19.1 Å². The highest BCUT2D eigenvalue weighted by Crippen LogP contribution is 2.10. The molecule has 7 heteroatoms. The first-order chi connectivity index (χ1) is 11.6. The predicted molar refractivity (Wildman–Crippen MR) is 89.8 cm³/mol. The summed E-state index contributed by atoms with van der Waals surface area (Å²) < 4.78 is 5.10. The fraction of sp³-hybridized carbons (Fsp3) is 0.471. The Labute approximate surface area is 146 Å². The molecule has 1 saturated heterocycles. The average Bonchev–Trinajstić information content (AvgIpc) is 2.97. The molecule has 1 aliphatic heterocycles. The summed E-state index contributed by atoms with van der Waals surface area (Å²) in [5, 5.41) is 3.31. The minimum absolute atomic E-state index is 0.121. The largest absolute Gasteiger partial charge is 0.464 e. The molecule has 1 heterocycles. The second-order valence-corrected chi connectivity index (χ2v) is 6.01. The Morgan fingerprint density at radius 2 is 2.00 bits per heavy atom. The number of ether oxygens (including phenoxy) is 1. The molecule has 0 aromatic heterocycles. The number of carbonyl (C=O) groups is 3. The first kappa shape index (κ1) is 18.3. The van der Waals surface area contributed by atoms with Gasteiger partial charge in [0.1, 0.15) is 6.61 Å². The number of carbonyl (C=O) groups excluding carboxylic acids is 3. The molecule has 1 aliphatic rings. The molecule has 2 rings (SSSR count). The maximum absolute atomic E-state index is 11.8. The van der Waals surface area contributed by atoms with Crippen molar-refractivity contribution in [3.8, 4) is 0 Å². The van der Waals surface area contributed by atoms with Crippen LogP contribution in [-0.4, -0.2) is 48.9 Å². The maximum atomic E-state index is 11.8. The van der Waals surface area contributed by atoms with Gasteiger partial charge >= 0.3 is 5.97 Å². The molecule has 0 bridgehead atoms. The summed E-state index contributed by atoms with van der Waals surface area (Å²) in [6.07, 6.45) is 2.19. The highest BCUT2D eigenvalue weighted by molar-refractivity contribution is 6.30. The minimum Gasteiger partial charge on any atom is -0.464 e. The van der Waals surface area contributed by atoms with Crippen molar-refractivity contribution in [2.24, 2.45) is 0 Å². The lowest BCUT2D eigenvalue weighted by molar-refractivity contribution is -0.145. The van der Waals surface area contributed by atoms with Crippen molar-refractivity contribution in [3.05, 3.63) is 34.9 Å². The van der Waals surface area contributed by atoms with Gasteiger partial charge in [-0.1, -0.05) is 11.6 Å². The van der Waals surface area contributed by atoms with Gasteiger partial charge in [-0.25, -0.2) is 0 Å². The third-order valence-corrected chi connectivity index (χ3v) is 4.00. The van der Waals surface area contributed by atoms with Gasteiger partial charge in [-0.2, -0.15) is 0 Å². The lowest BCUT2D eigenvalue weighted by Gasteiger charge is -2.15. The standard InChI is InChI=1S/C17H21ClN2O4/c18-14-7-5-13(6-8-14)17(23)19-9-1-4-16(22)24-12-11-20-10-2-3-15(20)21/h5-8H,1-4,9-12H2,(H,19,23). The summed E-state index contributed by atoms with van der Waals surface area (Å²) in [6, 6.07) is 6.59. The summed E-state index contributed by atoms with van der Waals surface area (Å²) in [4.78, 5) is 36.5. The van der Waals surface area contributed by atoms with Gasteiger partial charge < -0.3 is 15.0 Å². The number of hydrogen-bond donors (Lipinski definition) is 1. The van der Waals surface area contributed by atoms with Gasteiger partial charge in [-0.3, -0.25) is 14.4 Å². The Bertz CT molecular complexity index is 589. The van der Waals surface area contributed by atoms with Crippen LogP contribution in [0.4, 0.5) is 0 Å². The zero-order valence-electron chi connectivity index (χ0n) is 13.4. The van der Waals surface area contributed by atoms with E-state index in [-0.39, 0.29) is 30.8 Å². The van der Waals surface area contributed by atoms with Crippen molar-refractivity contribution in [1.29, 1.82) is 0 Å². The lowest BCUT2D eigenvalue weighted by Crippen LogP contribution is -2.29. The molecule has 0 spiro atoms. The second kappa shape index (κ2) is 9.27. The van der Waals surface area contributed by atoms with E-state index < -0.39 is 0 Å². The molecular weight excluding hydrogens is 332 g/mol. The Morgan fingerprint density at radius 1 is 1.25 bits per heavy atom. The van der Waals surface area contributed by atoms with Crippen LogP contribution in [0, 0.1) is 0 Å². The van der Waals surface area contributed by atoms with Crippen LogP contribution in [0.1, 0.15) is 36.0 Å². The molecule has 0 unspecified atom stereocenters. The highest BCUT2D eigenvalue weighted by atomic mass is 35.5. The number of amides is 2. The van der Waals surface area contributed by atoms with Crippen molar-refractivity contribution in [2.75, 3.05) is 26.2 Å². The van der Waals surface area contributed by atoms with E-state index in [2.05, 4.69) is 5.32 Å². The summed E-state index contributed by atoms with van der Waals surface area (Å²) in [5.74, 6) is -0.397. The van der Waals surface area contributed by atoms with E-state index in [4.69, 9.17) is 16.3 Å². The number of hydrogen-bond acceptors (Lipinski definition) is 4. The van der Waals surface area contributed by atoms with Gasteiger partial charge in [-0.15, -0.1) is 0 Å². The molecule has 24 heavy (non-hydrogen) atoms. The van der Waals surface area contributed by atoms with Crippen LogP contribution in [0.2, 0.25) is 5.02 Å². The van der Waals surface area contributed by atoms with Crippen LogP contribution in [0.3, 0.4) is 0 Å². The van der Waals surface area contributed by atoms with Gasteiger partial charge in [0.15, 0.2) is 0 Å². The third-order valence-electron chi connectivity index (χ3n) is 3.75. The normalized spacial score (nSPS) is 13.9. The van der Waals surface area contributed by atoms with Crippen molar-refractivity contribution in [2.45, 2.75) is 25.7 Å². The molecule has 0 saturated carbocycles. The molecule has 130 valence electrons. The molecular formula is C17H21ClN2O4. The number of halogens is 1. The van der Waals surface area contributed by atoms with E-state index in [9.17, 15) is 14.4 Å². The Kier molecular flexibility index (Phi) is 7.06. The second-order valence-electron chi connectivity index (χ2n) is 5.57. The predicted octanol–water partition coefficient (Wildman–Crippen LogP) is 2.02. The Balaban J connectivity index is 1.55. The molecule has 1 N–H and O–H groups in total. The minimum atomic E-state index is -0.317. The number of benzene rings is 1. The average molecular weight is 353 g/mol. The van der Waals surface area contributed by atoms with Crippen molar-refractivity contribution >= 4 is 29.4 Å². The Morgan fingerprint density at radius 3 is 2.67 bits per heavy atom. The fourth-order valence-electron chi connectivity index (χ4n) is 2.42. The maximum Gasteiger partial charge on any atom is 0.305 e. The summed E-state index contributed by atoms with van der Waals surface area (Å²) in [7, 11) is 0. The molecule has 1 fully saturated rings. The van der Waals surface area contributed by atoms with E-state index in [1.807, 2.05) is 0 Å². The van der Waals surface area contributed by atoms with Crippen molar-refractivity contribution in [3.63, 3.8) is 0 Å². The van der Waals surface area contributed by atoms with Crippen LogP contribution in [0.15, 0.2) is 24.3 Å². The summed E-state index contributed by atoms with van der Waals surface area (Å²) in [6.45, 7) is 1.81. The Hall–Kier alpha value is -2.08. The lowest BCUT2D eigenvalue weighted by atomic mass is 10.2. The number of esters is 1. The zero-order chi connectivity index (χ0) is 17.4. The van der Waals surface area contributed by atoms with Crippen LogP contribution in [-0.2, 0) is 14.3 Å². The summed E-state index contributed by atoms with van der Waals surface area (Å²) >= 11 is 5.76. The van der Waals surface area contributed by atoms with E-state index in [1.165, 1.54) is 0 Å². The van der Waals surface area contributed by atoms with E-state index >= 15 is 0 Å². The number of likely N-dealkylation sites (tertiary alicyclic amines) is 1. The molecule has 1 aromatic rings. The topological polar surface area (TPSA) is 75.7 Å². The zero-order valence-corrected chi connectivity index (χ0v) is 14.2. The monoisotopic (exact) mass is 352 g/mol. The number of nitrogens with zero attached hydrogens (tertiary/aromatic N) is 1. The van der Waals surface area contributed by atoms with Gasteiger partial charge in [-0.05, 0) is 37.1 Å². The van der Waals surface area contributed by atoms with Gasteiger partial charge in [0.2, 0.25) is 5.91 Å². The molecule has 6 nitrogen and oxygen atoms in total. The van der Waals surface area contributed by atoms with E-state index in [1.54, 1.807) is 29.2 Å². The first-order valence-electron chi connectivity index (χ1n) is 8.03. The van der Waals surface area contributed by atoms with E-state index in [0.29, 0.717) is 36.5 Å². The van der Waals surface area contributed by atoms with Gasteiger partial charge in [0.25, 0.3) is 5.91 Å². The van der Waals surface area contributed by atoms with Gasteiger partial charge in [0, 0.05) is 36.5 Å². The third kappa shape index (κ3) is 5.85. The fourth-order valence-corrected chi connectivity index (χ4v) is 2.55. The van der Waals surface area contributed by atoms with Crippen LogP contribution >= 0.6 is 11.6 Å². The number of nitrogens with one attached hydrogen (secondary N) is 1. The number of rotatable bonds is 8. The first-order valence-corrected chi connectivity index (χ1v) is 8.41. The quantitative estimate of drug-likeness (QED) is 0.573. The van der Waals surface area contributed by atoms with E-state index in [0.717, 1.165) is 13.0 Å². The molecule has 0 atom stereocenters. The van der Waals surface area contributed by atoms with Crippen LogP contribution in [0.5, 0.6) is 0 Å². The summed E-state index contributed by atoms with van der Waals surface area (Å²) in [5.41, 5.74) is 0.525.